The number of rotatable bonds is 7. The van der Waals surface area contributed by atoms with E-state index in [1.165, 1.54) is 0 Å². The van der Waals surface area contributed by atoms with Crippen molar-refractivity contribution >= 4 is 17.5 Å². The van der Waals surface area contributed by atoms with Crippen molar-refractivity contribution in [3.05, 3.63) is 54.1 Å². The second-order valence-electron chi connectivity index (χ2n) is 7.15. The van der Waals surface area contributed by atoms with E-state index in [1.54, 1.807) is 18.2 Å². The third kappa shape index (κ3) is 5.25. The molecule has 1 aliphatic heterocycles. The van der Waals surface area contributed by atoms with Crippen LogP contribution in [0.3, 0.4) is 0 Å². The molecule has 6 heteroatoms. The van der Waals surface area contributed by atoms with Crippen LogP contribution in [0.5, 0.6) is 11.5 Å². The topological polar surface area (TPSA) is 76.7 Å². The first kappa shape index (κ1) is 19.7. The molecule has 0 aliphatic carbocycles. The fourth-order valence-corrected chi connectivity index (χ4v) is 3.22. The van der Waals surface area contributed by atoms with Gasteiger partial charge in [-0.05, 0) is 29.5 Å². The Morgan fingerprint density at radius 1 is 0.964 bits per heavy atom. The molecule has 0 saturated heterocycles. The minimum Gasteiger partial charge on any atom is -0.486 e. The molecular weight excluding hydrogens is 356 g/mol. The smallest absolute Gasteiger partial charge is 0.243 e. The first-order chi connectivity index (χ1) is 13.5. The average molecular weight is 382 g/mol. The van der Waals surface area contributed by atoms with Crippen molar-refractivity contribution in [3.8, 4) is 11.5 Å². The van der Waals surface area contributed by atoms with Crippen LogP contribution in [0.1, 0.15) is 31.7 Å². The summed E-state index contributed by atoms with van der Waals surface area (Å²) in [4.78, 5) is 24.5. The van der Waals surface area contributed by atoms with Gasteiger partial charge in [0.25, 0.3) is 0 Å². The van der Waals surface area contributed by atoms with Crippen LogP contribution in [0.2, 0.25) is 0 Å². The molecule has 0 spiro atoms. The van der Waals surface area contributed by atoms with E-state index < -0.39 is 0 Å². The van der Waals surface area contributed by atoms with Gasteiger partial charge in [0, 0.05) is 18.2 Å². The molecule has 0 fully saturated rings. The number of hydrogen-bond acceptors (Lipinski definition) is 4. The number of nitrogens with one attached hydrogen (secondary N) is 2. The molecule has 0 aromatic heterocycles. The lowest BCUT2D eigenvalue weighted by atomic mass is 9.85. The Hall–Kier alpha value is -3.02. The summed E-state index contributed by atoms with van der Waals surface area (Å²) in [6.45, 7) is 5.12. The van der Waals surface area contributed by atoms with Crippen molar-refractivity contribution in [3.63, 3.8) is 0 Å². The molecule has 1 heterocycles. The number of benzene rings is 2. The molecule has 1 atom stereocenters. The predicted octanol–water partition coefficient (Wildman–Crippen LogP) is 3.34. The van der Waals surface area contributed by atoms with E-state index in [9.17, 15) is 9.59 Å². The maximum atomic E-state index is 12.4. The van der Waals surface area contributed by atoms with Gasteiger partial charge in [-0.1, -0.05) is 44.2 Å². The monoisotopic (exact) mass is 382 g/mol. The Labute approximate surface area is 165 Å². The zero-order valence-corrected chi connectivity index (χ0v) is 16.2. The summed E-state index contributed by atoms with van der Waals surface area (Å²) in [6.07, 6.45) is 0.346. The van der Waals surface area contributed by atoms with Gasteiger partial charge in [-0.2, -0.15) is 0 Å². The average Bonchev–Trinajstić information content (AvgIpc) is 2.71. The molecule has 2 amide bonds. The molecule has 0 saturated carbocycles. The molecule has 1 unspecified atom stereocenters. The minimum atomic E-state index is -0.286. The molecule has 0 bridgehead atoms. The highest BCUT2D eigenvalue weighted by Gasteiger charge is 2.20. The van der Waals surface area contributed by atoms with E-state index in [4.69, 9.17) is 9.47 Å². The number of amides is 2. The van der Waals surface area contributed by atoms with Crippen LogP contribution < -0.4 is 20.1 Å². The highest BCUT2D eigenvalue weighted by molar-refractivity contribution is 5.94. The predicted molar refractivity (Wildman–Crippen MR) is 108 cm³/mol. The summed E-state index contributed by atoms with van der Waals surface area (Å²) < 4.78 is 11.0. The van der Waals surface area contributed by atoms with Crippen molar-refractivity contribution in [1.82, 2.24) is 5.32 Å². The number of hydrogen-bond donors (Lipinski definition) is 2. The molecule has 2 N–H and O–H groups in total. The molecular formula is C22H26N2O4. The number of carbonyl (C=O) groups is 2. The lowest BCUT2D eigenvalue weighted by Gasteiger charge is -2.21. The molecule has 3 rings (SSSR count). The lowest BCUT2D eigenvalue weighted by molar-refractivity contribution is -0.124. The summed E-state index contributed by atoms with van der Waals surface area (Å²) in [7, 11) is 0. The van der Waals surface area contributed by atoms with Crippen LogP contribution in [-0.4, -0.2) is 31.6 Å². The number of anilines is 1. The van der Waals surface area contributed by atoms with Crippen LogP contribution >= 0.6 is 0 Å². The van der Waals surface area contributed by atoms with E-state index in [-0.39, 0.29) is 24.3 Å². The van der Waals surface area contributed by atoms with Gasteiger partial charge in [0.05, 0.1) is 6.54 Å². The number of carbonyl (C=O) groups excluding carboxylic acids is 2. The van der Waals surface area contributed by atoms with Crippen molar-refractivity contribution in [1.29, 1.82) is 0 Å². The molecule has 28 heavy (non-hydrogen) atoms. The lowest BCUT2D eigenvalue weighted by Crippen LogP contribution is -2.34. The third-order valence-electron chi connectivity index (χ3n) is 4.71. The van der Waals surface area contributed by atoms with Crippen LogP contribution in [-0.2, 0) is 9.59 Å². The Bertz CT molecular complexity index is 821. The van der Waals surface area contributed by atoms with E-state index in [0.29, 0.717) is 42.7 Å². The van der Waals surface area contributed by atoms with Crippen LogP contribution in [0.15, 0.2) is 48.5 Å². The van der Waals surface area contributed by atoms with Crippen molar-refractivity contribution in [2.45, 2.75) is 26.2 Å². The molecule has 1 aliphatic rings. The third-order valence-corrected chi connectivity index (χ3v) is 4.71. The van der Waals surface area contributed by atoms with Crippen molar-refractivity contribution < 1.29 is 19.1 Å². The standard InChI is InChI=1S/C22H26N2O4/c1-15(2)18(16-6-4-3-5-7-16)13-21(25)23-14-22(26)24-17-8-9-19-20(12-17)28-11-10-27-19/h3-9,12,15,18H,10-11,13-14H2,1-2H3,(H,23,25)(H,24,26). The highest BCUT2D eigenvalue weighted by atomic mass is 16.6. The number of fused-ring (bicyclic) bond motifs is 1. The normalized spacial score (nSPS) is 13.7. The fraction of sp³-hybridized carbons (Fsp3) is 0.364. The van der Waals surface area contributed by atoms with Crippen LogP contribution in [0.4, 0.5) is 5.69 Å². The second kappa shape index (κ2) is 9.26. The molecule has 2 aromatic carbocycles. The first-order valence-corrected chi connectivity index (χ1v) is 9.54. The maximum absolute atomic E-state index is 12.4. The zero-order valence-electron chi connectivity index (χ0n) is 16.2. The Morgan fingerprint density at radius 3 is 2.39 bits per heavy atom. The fourth-order valence-electron chi connectivity index (χ4n) is 3.22. The van der Waals surface area contributed by atoms with Gasteiger partial charge in [0.15, 0.2) is 11.5 Å². The molecule has 148 valence electrons. The first-order valence-electron chi connectivity index (χ1n) is 9.54. The van der Waals surface area contributed by atoms with Gasteiger partial charge in [-0.3, -0.25) is 9.59 Å². The Morgan fingerprint density at radius 2 is 1.68 bits per heavy atom. The van der Waals surface area contributed by atoms with Gasteiger partial charge in [-0.15, -0.1) is 0 Å². The summed E-state index contributed by atoms with van der Waals surface area (Å²) >= 11 is 0. The van der Waals surface area contributed by atoms with E-state index in [2.05, 4.69) is 24.5 Å². The van der Waals surface area contributed by atoms with Gasteiger partial charge in [-0.25, -0.2) is 0 Å². The quantitative estimate of drug-likeness (QED) is 0.770. The molecule has 0 radical (unpaired) electrons. The highest BCUT2D eigenvalue weighted by Crippen LogP contribution is 2.32. The van der Waals surface area contributed by atoms with Gasteiger partial charge < -0.3 is 20.1 Å². The van der Waals surface area contributed by atoms with E-state index in [0.717, 1.165) is 5.56 Å². The largest absolute Gasteiger partial charge is 0.486 e. The zero-order chi connectivity index (χ0) is 19.9. The van der Waals surface area contributed by atoms with Crippen molar-refractivity contribution in [2.75, 3.05) is 25.1 Å². The SMILES string of the molecule is CC(C)C(CC(=O)NCC(=O)Nc1ccc2c(c1)OCCO2)c1ccccc1. The van der Waals surface area contributed by atoms with Gasteiger partial charge in [0.2, 0.25) is 11.8 Å². The van der Waals surface area contributed by atoms with Gasteiger partial charge >= 0.3 is 0 Å². The summed E-state index contributed by atoms with van der Waals surface area (Å²) in [5, 5.41) is 5.48. The summed E-state index contributed by atoms with van der Waals surface area (Å²) in [5.41, 5.74) is 1.74. The Kier molecular flexibility index (Phi) is 6.53. The van der Waals surface area contributed by atoms with Gasteiger partial charge in [0.1, 0.15) is 13.2 Å². The number of ether oxygens (including phenoxy) is 2. The summed E-state index contributed by atoms with van der Waals surface area (Å²) in [6, 6.07) is 15.2. The van der Waals surface area contributed by atoms with Crippen molar-refractivity contribution in [2.24, 2.45) is 5.92 Å². The maximum Gasteiger partial charge on any atom is 0.243 e. The van der Waals surface area contributed by atoms with E-state index >= 15 is 0 Å². The molecule has 2 aromatic rings. The molecule has 6 nitrogen and oxygen atoms in total. The second-order valence-corrected chi connectivity index (χ2v) is 7.15. The van der Waals surface area contributed by atoms with Crippen LogP contribution in [0.25, 0.3) is 0 Å². The summed E-state index contributed by atoms with van der Waals surface area (Å²) in [5.74, 6) is 1.28. The van der Waals surface area contributed by atoms with Crippen LogP contribution in [0, 0.1) is 5.92 Å². The van der Waals surface area contributed by atoms with E-state index in [1.807, 2.05) is 30.3 Å². The Balaban J connectivity index is 1.50. The minimum absolute atomic E-state index is 0.0765.